The molecule has 2 aromatic carbocycles. The van der Waals surface area contributed by atoms with Crippen molar-refractivity contribution in [3.05, 3.63) is 65.6 Å². The van der Waals surface area contributed by atoms with Gasteiger partial charge in [0.15, 0.2) is 0 Å². The van der Waals surface area contributed by atoms with Crippen molar-refractivity contribution in [2.75, 3.05) is 0 Å². The lowest BCUT2D eigenvalue weighted by Crippen LogP contribution is -2.41. The van der Waals surface area contributed by atoms with Gasteiger partial charge in [0.05, 0.1) is 11.2 Å². The second-order valence-corrected chi connectivity index (χ2v) is 9.53. The van der Waals surface area contributed by atoms with Gasteiger partial charge >= 0.3 is 7.12 Å². The third-order valence-corrected chi connectivity index (χ3v) is 7.25. The van der Waals surface area contributed by atoms with Crippen LogP contribution in [0.25, 0.3) is 33.4 Å². The fraction of sp³-hybridized carbons (Fsp3) is 0.333. The summed E-state index contributed by atoms with van der Waals surface area (Å²) in [6, 6.07) is 15.0. The molecular weight excluding hydrogens is 399 g/mol. The molecule has 1 fully saturated rings. The summed E-state index contributed by atoms with van der Waals surface area (Å²) >= 11 is 1.81. The molecule has 0 N–H and O–H groups in total. The molecule has 1 aliphatic rings. The van der Waals surface area contributed by atoms with E-state index in [4.69, 9.17) is 9.31 Å². The highest BCUT2D eigenvalue weighted by molar-refractivity contribution is 7.20. The molecule has 0 saturated carbocycles. The van der Waals surface area contributed by atoms with Crippen LogP contribution < -0.4 is 5.46 Å². The van der Waals surface area contributed by atoms with E-state index in [1.54, 1.807) is 0 Å². The fourth-order valence-corrected chi connectivity index (χ4v) is 5.01. The summed E-state index contributed by atoms with van der Waals surface area (Å²) in [5.41, 5.74) is 3.96. The molecule has 0 unspecified atom stereocenters. The minimum Gasteiger partial charge on any atom is -0.399 e. The molecule has 162 valence electrons. The predicted octanol–water partition coefficient (Wildman–Crippen LogP) is 7.57. The third kappa shape index (κ3) is 4.30. The summed E-state index contributed by atoms with van der Waals surface area (Å²) in [5, 5.41) is 1.25. The molecule has 0 aliphatic carbocycles. The second kappa shape index (κ2) is 9.16. The van der Waals surface area contributed by atoms with E-state index in [1.807, 2.05) is 38.2 Å². The van der Waals surface area contributed by atoms with Crippen LogP contribution >= 0.6 is 11.3 Å². The van der Waals surface area contributed by atoms with Crippen molar-refractivity contribution in [2.24, 2.45) is 0 Å². The van der Waals surface area contributed by atoms with E-state index in [0.29, 0.717) is 0 Å². The molecule has 0 radical (unpaired) electrons. The maximum Gasteiger partial charge on any atom is 0.494 e. The predicted molar refractivity (Wildman–Crippen MR) is 139 cm³/mol. The smallest absolute Gasteiger partial charge is 0.399 e. The van der Waals surface area contributed by atoms with Gasteiger partial charge in [0.1, 0.15) is 0 Å². The number of fused-ring (bicyclic) bond motifs is 1. The van der Waals surface area contributed by atoms with Gasteiger partial charge in [-0.05, 0) is 62.8 Å². The Hall–Kier alpha value is -2.14. The molecular formula is C27H33BO2S. The van der Waals surface area contributed by atoms with E-state index in [9.17, 15) is 0 Å². The van der Waals surface area contributed by atoms with Gasteiger partial charge in [-0.3, -0.25) is 0 Å². The quantitative estimate of drug-likeness (QED) is 0.396. The minimum absolute atomic E-state index is 0.346. The third-order valence-electron chi connectivity index (χ3n) is 6.03. The Morgan fingerprint density at radius 1 is 0.968 bits per heavy atom. The fourth-order valence-electron chi connectivity index (χ4n) is 3.70. The first-order chi connectivity index (χ1) is 14.8. The average Bonchev–Trinajstić information content (AvgIpc) is 3.22. The van der Waals surface area contributed by atoms with Gasteiger partial charge in [0, 0.05) is 15.0 Å². The molecule has 1 aromatic heterocycles. The normalized spacial score (nSPS) is 17.1. The summed E-state index contributed by atoms with van der Waals surface area (Å²) < 4.78 is 13.8. The lowest BCUT2D eigenvalue weighted by atomic mass is 9.78. The van der Waals surface area contributed by atoms with Crippen molar-refractivity contribution < 1.29 is 9.31 Å². The van der Waals surface area contributed by atoms with Gasteiger partial charge in [-0.25, -0.2) is 0 Å². The molecule has 2 heterocycles. The Morgan fingerprint density at radius 3 is 2.23 bits per heavy atom. The monoisotopic (exact) mass is 432 g/mol. The van der Waals surface area contributed by atoms with Crippen molar-refractivity contribution in [1.29, 1.82) is 0 Å². The molecule has 0 atom stereocenters. The Morgan fingerprint density at radius 2 is 1.61 bits per heavy atom. The van der Waals surface area contributed by atoms with E-state index in [2.05, 4.69) is 88.9 Å². The Kier molecular flexibility index (Phi) is 6.95. The first-order valence-corrected chi connectivity index (χ1v) is 11.9. The van der Waals surface area contributed by atoms with Crippen molar-refractivity contribution in [3.8, 4) is 11.1 Å². The summed E-state index contributed by atoms with van der Waals surface area (Å²) in [4.78, 5) is 1.24. The molecule has 4 heteroatoms. The van der Waals surface area contributed by atoms with Gasteiger partial charge in [-0.1, -0.05) is 75.0 Å². The zero-order valence-corrected chi connectivity index (χ0v) is 20.6. The van der Waals surface area contributed by atoms with E-state index in [0.717, 1.165) is 5.46 Å². The molecule has 2 nitrogen and oxygen atoms in total. The number of benzene rings is 2. The highest BCUT2D eigenvalue weighted by atomic mass is 32.1. The van der Waals surface area contributed by atoms with Crippen LogP contribution in [0.3, 0.4) is 0 Å². The SMILES string of the molecule is C=Cc1c(/C=C\C)sc2c(-c3cccc(B4OC(C)(C)C(C)(C)O4)c3)cccc12.CC. The molecule has 0 amide bonds. The Bertz CT molecular complexity index is 1090. The summed E-state index contributed by atoms with van der Waals surface area (Å²) in [6.45, 7) is 18.4. The van der Waals surface area contributed by atoms with Gasteiger partial charge in [-0.15, -0.1) is 11.3 Å². The topological polar surface area (TPSA) is 18.5 Å². The van der Waals surface area contributed by atoms with E-state index in [1.165, 1.54) is 31.7 Å². The van der Waals surface area contributed by atoms with Gasteiger partial charge in [-0.2, -0.15) is 0 Å². The Labute approximate surface area is 191 Å². The molecule has 0 spiro atoms. The average molecular weight is 432 g/mol. The van der Waals surface area contributed by atoms with Gasteiger partial charge in [0.25, 0.3) is 0 Å². The second-order valence-electron chi connectivity index (χ2n) is 8.48. The van der Waals surface area contributed by atoms with Crippen molar-refractivity contribution in [1.82, 2.24) is 0 Å². The van der Waals surface area contributed by atoms with Crippen molar-refractivity contribution in [3.63, 3.8) is 0 Å². The lowest BCUT2D eigenvalue weighted by molar-refractivity contribution is 0.00578. The number of rotatable bonds is 4. The van der Waals surface area contributed by atoms with Crippen LogP contribution in [0.4, 0.5) is 0 Å². The Balaban J connectivity index is 0.00000132. The van der Waals surface area contributed by atoms with Crippen LogP contribution in [0.5, 0.6) is 0 Å². The van der Waals surface area contributed by atoms with E-state index >= 15 is 0 Å². The molecule has 1 aliphatic heterocycles. The van der Waals surface area contributed by atoms with Crippen molar-refractivity contribution in [2.45, 2.75) is 59.7 Å². The van der Waals surface area contributed by atoms with Gasteiger partial charge < -0.3 is 9.31 Å². The highest BCUT2D eigenvalue weighted by Crippen LogP contribution is 2.40. The summed E-state index contributed by atoms with van der Waals surface area (Å²) in [7, 11) is -0.357. The maximum absolute atomic E-state index is 6.26. The van der Waals surface area contributed by atoms with Crippen LogP contribution in [0.1, 0.15) is 58.9 Å². The number of hydrogen-bond acceptors (Lipinski definition) is 3. The van der Waals surface area contributed by atoms with Crippen LogP contribution in [-0.4, -0.2) is 18.3 Å². The molecule has 3 aromatic rings. The summed E-state index contributed by atoms with van der Waals surface area (Å²) in [6.07, 6.45) is 6.20. The molecule has 4 rings (SSSR count). The molecule has 31 heavy (non-hydrogen) atoms. The van der Waals surface area contributed by atoms with Crippen LogP contribution in [0.15, 0.2) is 55.1 Å². The van der Waals surface area contributed by atoms with Crippen molar-refractivity contribution >= 4 is 46.2 Å². The number of allylic oxidation sites excluding steroid dienone is 1. The van der Waals surface area contributed by atoms with Crippen LogP contribution in [0.2, 0.25) is 0 Å². The van der Waals surface area contributed by atoms with Gasteiger partial charge in [0.2, 0.25) is 0 Å². The number of hydrogen-bond donors (Lipinski definition) is 0. The van der Waals surface area contributed by atoms with E-state index < -0.39 is 0 Å². The first kappa shape index (κ1) is 23.5. The highest BCUT2D eigenvalue weighted by Gasteiger charge is 2.51. The largest absolute Gasteiger partial charge is 0.494 e. The maximum atomic E-state index is 6.26. The molecule has 1 saturated heterocycles. The standard InChI is InChI=1S/C25H27BO2S.C2H6/c1-7-11-22-19(8-2)21-15-10-14-20(23(21)29-22)17-12-9-13-18(16-17)26-27-24(3,4)25(5,6)28-26;1-2/h7-16H,2H2,1,3-6H3;1-2H3/b11-7-;. The number of thiophene rings is 1. The van der Waals surface area contributed by atoms with Crippen LogP contribution in [0, 0.1) is 0 Å². The zero-order valence-electron chi connectivity index (χ0n) is 19.8. The zero-order chi connectivity index (χ0) is 22.8. The molecule has 0 bridgehead atoms. The first-order valence-electron chi connectivity index (χ1n) is 11.0. The minimum atomic E-state index is -0.357. The van der Waals surface area contributed by atoms with Crippen LogP contribution in [-0.2, 0) is 9.31 Å². The summed E-state index contributed by atoms with van der Waals surface area (Å²) in [5.74, 6) is 0. The van der Waals surface area contributed by atoms with E-state index in [-0.39, 0.29) is 18.3 Å². The lowest BCUT2D eigenvalue weighted by Gasteiger charge is -2.32.